The molecule has 1 aliphatic heterocycles. The van der Waals surface area contributed by atoms with Crippen molar-refractivity contribution in [2.45, 2.75) is 51.9 Å². The lowest BCUT2D eigenvalue weighted by atomic mass is 9.76. The second-order valence-corrected chi connectivity index (χ2v) is 6.07. The summed E-state index contributed by atoms with van der Waals surface area (Å²) in [7, 11) is -0.593. The molecule has 2 rings (SSSR count). The predicted octanol–water partition coefficient (Wildman–Crippen LogP) is 1.31. The van der Waals surface area contributed by atoms with Crippen molar-refractivity contribution in [2.24, 2.45) is 0 Å². The molecule has 1 N–H and O–H groups in total. The van der Waals surface area contributed by atoms with E-state index in [1.807, 2.05) is 33.8 Å². The topological polar surface area (TPSA) is 75.4 Å². The van der Waals surface area contributed by atoms with Gasteiger partial charge in [-0.05, 0) is 46.2 Å². The van der Waals surface area contributed by atoms with Crippen molar-refractivity contribution >= 4 is 12.6 Å². The minimum atomic E-state index is -0.723. The highest BCUT2D eigenvalue weighted by Gasteiger charge is 2.52. The van der Waals surface area contributed by atoms with Gasteiger partial charge in [0.05, 0.1) is 17.3 Å². The zero-order valence-corrected chi connectivity index (χ0v) is 12.5. The molecule has 0 bridgehead atoms. The lowest BCUT2D eigenvalue weighted by molar-refractivity contribution is 0.00578. The molecule has 0 amide bonds. The van der Waals surface area contributed by atoms with E-state index in [1.54, 1.807) is 19.2 Å². The average molecular weight is 274 g/mol. The number of hydrogen-bond acceptors (Lipinski definition) is 5. The molecule has 1 fully saturated rings. The molecule has 5 nitrogen and oxygen atoms in total. The van der Waals surface area contributed by atoms with Gasteiger partial charge >= 0.3 is 7.12 Å². The molecule has 0 spiro atoms. The maximum Gasteiger partial charge on any atom is 0.496 e. The molecule has 1 atom stereocenters. The second-order valence-electron chi connectivity index (χ2n) is 6.07. The first-order valence-electron chi connectivity index (χ1n) is 6.61. The van der Waals surface area contributed by atoms with Crippen LogP contribution in [-0.2, 0) is 9.31 Å². The Morgan fingerprint density at radius 1 is 1.30 bits per heavy atom. The van der Waals surface area contributed by atoms with Crippen LogP contribution in [-0.4, -0.2) is 28.4 Å². The average Bonchev–Trinajstić information content (AvgIpc) is 2.57. The highest BCUT2D eigenvalue weighted by Crippen LogP contribution is 2.36. The second kappa shape index (κ2) is 4.85. The Bertz CT molecular complexity index is 548. The fraction of sp³-hybridized carbons (Fsp3) is 0.571. The Labute approximate surface area is 119 Å². The van der Waals surface area contributed by atoms with Crippen molar-refractivity contribution in [3.05, 3.63) is 23.5 Å². The van der Waals surface area contributed by atoms with E-state index in [4.69, 9.17) is 14.6 Å². The Morgan fingerprint density at radius 3 is 2.30 bits per heavy atom. The fourth-order valence-corrected chi connectivity index (χ4v) is 2.07. The SMILES string of the molecule is CC(O)c1cc(C#N)ncc1B1OC(C)(C)C(C)(C)O1. The smallest absolute Gasteiger partial charge is 0.399 e. The minimum absolute atomic E-state index is 0.265. The van der Waals surface area contributed by atoms with Crippen molar-refractivity contribution < 1.29 is 14.4 Å². The van der Waals surface area contributed by atoms with E-state index in [9.17, 15) is 5.11 Å². The minimum Gasteiger partial charge on any atom is -0.399 e. The number of aliphatic hydroxyl groups excluding tert-OH is 1. The van der Waals surface area contributed by atoms with Gasteiger partial charge in [0.1, 0.15) is 11.8 Å². The van der Waals surface area contributed by atoms with Gasteiger partial charge in [0.25, 0.3) is 0 Å². The molecule has 1 aliphatic rings. The van der Waals surface area contributed by atoms with E-state index >= 15 is 0 Å². The van der Waals surface area contributed by atoms with Crippen LogP contribution in [0.2, 0.25) is 0 Å². The molecular formula is C14H19BN2O3. The number of nitrogens with zero attached hydrogens (tertiary/aromatic N) is 2. The van der Waals surface area contributed by atoms with Crippen LogP contribution in [0.1, 0.15) is 52.0 Å². The summed E-state index contributed by atoms with van der Waals surface area (Å²) in [6, 6.07) is 3.54. The normalized spacial score (nSPS) is 21.6. The molecule has 0 aromatic carbocycles. The van der Waals surface area contributed by atoms with Gasteiger partial charge in [0, 0.05) is 11.7 Å². The Morgan fingerprint density at radius 2 is 1.85 bits per heavy atom. The molecule has 6 heteroatoms. The van der Waals surface area contributed by atoms with E-state index in [-0.39, 0.29) is 5.69 Å². The van der Waals surface area contributed by atoms with Gasteiger partial charge in [0.2, 0.25) is 0 Å². The highest BCUT2D eigenvalue weighted by atomic mass is 16.7. The standard InChI is InChI=1S/C14H19BN2O3/c1-9(18)11-6-10(7-16)17-8-12(11)15-19-13(2,3)14(4,5)20-15/h6,8-9,18H,1-5H3. The summed E-state index contributed by atoms with van der Waals surface area (Å²) in [5, 5.41) is 18.8. The molecule has 106 valence electrons. The van der Waals surface area contributed by atoms with Gasteiger partial charge in [-0.25, -0.2) is 4.98 Å². The van der Waals surface area contributed by atoms with Gasteiger partial charge in [0.15, 0.2) is 0 Å². The van der Waals surface area contributed by atoms with Crippen LogP contribution in [0.3, 0.4) is 0 Å². The van der Waals surface area contributed by atoms with Crippen LogP contribution >= 0.6 is 0 Å². The Balaban J connectivity index is 2.43. The third kappa shape index (κ3) is 2.45. The van der Waals surface area contributed by atoms with Gasteiger partial charge in [-0.1, -0.05) is 0 Å². The number of hydrogen-bond donors (Lipinski definition) is 1. The summed E-state index contributed by atoms with van der Waals surface area (Å²) >= 11 is 0. The quantitative estimate of drug-likeness (QED) is 0.823. The summed E-state index contributed by atoms with van der Waals surface area (Å²) in [4.78, 5) is 4.05. The van der Waals surface area contributed by atoms with Crippen molar-refractivity contribution in [1.82, 2.24) is 4.98 Å². The van der Waals surface area contributed by atoms with Crippen LogP contribution in [0.25, 0.3) is 0 Å². The molecule has 1 saturated heterocycles. The van der Waals surface area contributed by atoms with Crippen molar-refractivity contribution in [3.63, 3.8) is 0 Å². The van der Waals surface area contributed by atoms with Crippen LogP contribution in [0.15, 0.2) is 12.3 Å². The lowest BCUT2D eigenvalue weighted by Gasteiger charge is -2.32. The number of nitriles is 1. The third-order valence-corrected chi connectivity index (χ3v) is 4.04. The third-order valence-electron chi connectivity index (χ3n) is 4.04. The van der Waals surface area contributed by atoms with Gasteiger partial charge in [-0.15, -0.1) is 0 Å². The largest absolute Gasteiger partial charge is 0.496 e. The van der Waals surface area contributed by atoms with Crippen molar-refractivity contribution in [2.75, 3.05) is 0 Å². The first kappa shape index (κ1) is 15.0. The van der Waals surface area contributed by atoms with Crippen molar-refractivity contribution in [1.29, 1.82) is 5.26 Å². The summed E-state index contributed by atoms with van der Waals surface area (Å²) in [5.74, 6) is 0. The number of rotatable bonds is 2. The molecule has 0 saturated carbocycles. The highest BCUT2D eigenvalue weighted by molar-refractivity contribution is 6.62. The van der Waals surface area contributed by atoms with Gasteiger partial charge < -0.3 is 14.4 Å². The lowest BCUT2D eigenvalue weighted by Crippen LogP contribution is -2.41. The Kier molecular flexibility index (Phi) is 3.63. The number of aromatic nitrogens is 1. The first-order chi connectivity index (χ1) is 9.18. The molecule has 0 radical (unpaired) electrons. The van der Waals surface area contributed by atoms with E-state index in [0.29, 0.717) is 11.0 Å². The molecule has 20 heavy (non-hydrogen) atoms. The first-order valence-corrected chi connectivity index (χ1v) is 6.61. The van der Waals surface area contributed by atoms with E-state index in [0.717, 1.165) is 0 Å². The molecule has 1 unspecified atom stereocenters. The Hall–Kier alpha value is -1.42. The van der Waals surface area contributed by atoms with Crippen molar-refractivity contribution in [3.8, 4) is 6.07 Å². The fourth-order valence-electron chi connectivity index (χ4n) is 2.07. The summed E-state index contributed by atoms with van der Waals surface area (Å²) in [6.07, 6.45) is 0.821. The molecular weight excluding hydrogens is 255 g/mol. The zero-order chi connectivity index (χ0) is 15.1. The molecule has 2 heterocycles. The van der Waals surface area contributed by atoms with Crippen LogP contribution < -0.4 is 5.46 Å². The van der Waals surface area contributed by atoms with Gasteiger partial charge in [-0.2, -0.15) is 5.26 Å². The summed E-state index contributed by atoms with van der Waals surface area (Å²) < 4.78 is 11.9. The predicted molar refractivity (Wildman–Crippen MR) is 75.3 cm³/mol. The van der Waals surface area contributed by atoms with Crippen LogP contribution in [0.4, 0.5) is 0 Å². The van der Waals surface area contributed by atoms with Crippen LogP contribution in [0, 0.1) is 11.3 Å². The summed E-state index contributed by atoms with van der Waals surface area (Å²) in [6.45, 7) is 9.50. The van der Waals surface area contributed by atoms with E-state index < -0.39 is 24.4 Å². The molecule has 1 aromatic heterocycles. The van der Waals surface area contributed by atoms with E-state index in [1.165, 1.54) is 0 Å². The van der Waals surface area contributed by atoms with E-state index in [2.05, 4.69) is 4.98 Å². The maximum absolute atomic E-state index is 9.90. The molecule has 0 aliphatic carbocycles. The summed E-state index contributed by atoms with van der Waals surface area (Å²) in [5.41, 5.74) is 0.622. The molecule has 1 aromatic rings. The maximum atomic E-state index is 9.90. The monoisotopic (exact) mass is 274 g/mol. The van der Waals surface area contributed by atoms with Gasteiger partial charge in [-0.3, -0.25) is 0 Å². The van der Waals surface area contributed by atoms with Crippen LogP contribution in [0.5, 0.6) is 0 Å². The number of pyridine rings is 1. The number of aliphatic hydroxyl groups is 1. The zero-order valence-electron chi connectivity index (χ0n) is 12.5.